The van der Waals surface area contributed by atoms with Crippen LogP contribution in [0.3, 0.4) is 0 Å². The molecule has 0 aliphatic carbocycles. The van der Waals surface area contributed by atoms with Gasteiger partial charge in [-0.15, -0.1) is 11.3 Å². The van der Waals surface area contributed by atoms with E-state index in [9.17, 15) is 0 Å². The molecule has 19 heavy (non-hydrogen) atoms. The maximum Gasteiger partial charge on any atom is 0.134 e. The molecule has 1 aromatic carbocycles. The Labute approximate surface area is 124 Å². The van der Waals surface area contributed by atoms with E-state index in [1.54, 1.807) is 11.3 Å². The van der Waals surface area contributed by atoms with E-state index in [1.165, 1.54) is 11.1 Å². The zero-order valence-electron chi connectivity index (χ0n) is 10.7. The molecule has 1 atom stereocenters. The molecular formula is C15H14BrNOS. The van der Waals surface area contributed by atoms with Crippen LogP contribution in [0.4, 0.5) is 0 Å². The van der Waals surface area contributed by atoms with Gasteiger partial charge >= 0.3 is 0 Å². The van der Waals surface area contributed by atoms with E-state index in [0.717, 1.165) is 20.5 Å². The van der Waals surface area contributed by atoms with Crippen molar-refractivity contribution in [1.29, 1.82) is 0 Å². The van der Waals surface area contributed by atoms with Crippen molar-refractivity contribution >= 4 is 38.2 Å². The molecule has 2 nitrogen and oxygen atoms in total. The van der Waals surface area contributed by atoms with Gasteiger partial charge in [-0.1, -0.05) is 11.6 Å². The van der Waals surface area contributed by atoms with Gasteiger partial charge in [-0.05, 0) is 65.1 Å². The summed E-state index contributed by atoms with van der Waals surface area (Å²) in [6.45, 7) is 2.09. The van der Waals surface area contributed by atoms with Crippen molar-refractivity contribution in [2.45, 2.75) is 13.0 Å². The largest absolute Gasteiger partial charge is 0.459 e. The molecule has 0 saturated carbocycles. The van der Waals surface area contributed by atoms with Gasteiger partial charge in [0.1, 0.15) is 11.3 Å². The molecule has 0 fully saturated rings. The summed E-state index contributed by atoms with van der Waals surface area (Å²) in [6.07, 6.45) is 0. The van der Waals surface area contributed by atoms with Gasteiger partial charge in [-0.2, -0.15) is 0 Å². The Morgan fingerprint density at radius 2 is 2.11 bits per heavy atom. The minimum atomic E-state index is 0.0928. The lowest BCUT2D eigenvalue weighted by Crippen LogP contribution is -2.16. The van der Waals surface area contributed by atoms with Crippen LogP contribution in [0.15, 0.2) is 43.9 Å². The van der Waals surface area contributed by atoms with Crippen LogP contribution < -0.4 is 5.32 Å². The minimum Gasteiger partial charge on any atom is -0.459 e. The topological polar surface area (TPSA) is 25.2 Å². The first-order valence-electron chi connectivity index (χ1n) is 6.08. The zero-order valence-corrected chi connectivity index (χ0v) is 13.1. The summed E-state index contributed by atoms with van der Waals surface area (Å²) >= 11 is 5.19. The van der Waals surface area contributed by atoms with E-state index in [2.05, 4.69) is 57.8 Å². The molecule has 0 saturated heterocycles. The van der Waals surface area contributed by atoms with Crippen molar-refractivity contribution in [3.63, 3.8) is 0 Å². The second-order valence-corrected chi connectivity index (χ2v) is 6.89. The highest BCUT2D eigenvalue weighted by Crippen LogP contribution is 2.32. The Kier molecular flexibility index (Phi) is 3.48. The molecular weight excluding hydrogens is 322 g/mol. The fraction of sp³-hybridized carbons (Fsp3) is 0.200. The highest BCUT2D eigenvalue weighted by molar-refractivity contribution is 9.11. The van der Waals surface area contributed by atoms with E-state index in [-0.39, 0.29) is 6.04 Å². The maximum absolute atomic E-state index is 5.97. The summed E-state index contributed by atoms with van der Waals surface area (Å²) in [5.41, 5.74) is 3.41. The number of furan rings is 1. The highest BCUT2D eigenvalue weighted by atomic mass is 79.9. The van der Waals surface area contributed by atoms with Crippen LogP contribution >= 0.6 is 27.3 Å². The number of nitrogens with one attached hydrogen (secondary N) is 1. The summed E-state index contributed by atoms with van der Waals surface area (Å²) in [7, 11) is 1.95. The molecule has 0 spiro atoms. The fourth-order valence-electron chi connectivity index (χ4n) is 2.27. The predicted octanol–water partition coefficient (Wildman–Crippen LogP) is 4.87. The number of fused-ring (bicyclic) bond motifs is 1. The summed E-state index contributed by atoms with van der Waals surface area (Å²) in [6, 6.07) is 10.6. The SMILES string of the molecule is CNC(c1csc(Br)c1)c1cc2cc(C)ccc2o1. The van der Waals surface area contributed by atoms with Crippen LogP contribution in [-0.4, -0.2) is 7.05 Å². The fourth-order valence-corrected chi connectivity index (χ4v) is 3.48. The quantitative estimate of drug-likeness (QED) is 0.738. The molecule has 1 N–H and O–H groups in total. The molecule has 2 heterocycles. The Morgan fingerprint density at radius 1 is 1.26 bits per heavy atom. The van der Waals surface area contributed by atoms with Crippen molar-refractivity contribution in [2.75, 3.05) is 7.05 Å². The molecule has 0 aliphatic rings. The van der Waals surface area contributed by atoms with Gasteiger partial charge in [0, 0.05) is 5.39 Å². The third-order valence-corrected chi connectivity index (χ3v) is 4.71. The average Bonchev–Trinajstić information content (AvgIpc) is 2.96. The molecule has 0 amide bonds. The molecule has 0 bridgehead atoms. The van der Waals surface area contributed by atoms with Crippen molar-refractivity contribution < 1.29 is 4.42 Å². The van der Waals surface area contributed by atoms with Gasteiger partial charge in [-0.25, -0.2) is 0 Å². The van der Waals surface area contributed by atoms with Crippen molar-refractivity contribution in [3.8, 4) is 0 Å². The Hall–Kier alpha value is -1.10. The normalized spacial score (nSPS) is 13.0. The van der Waals surface area contributed by atoms with E-state index >= 15 is 0 Å². The second kappa shape index (κ2) is 5.12. The standard InChI is InChI=1S/C15H14BrNOS/c1-9-3-4-12-10(5-9)6-13(18-12)15(17-2)11-7-14(16)19-8-11/h3-8,15,17H,1-2H3. The third-order valence-electron chi connectivity index (χ3n) is 3.19. The van der Waals surface area contributed by atoms with Gasteiger partial charge in [0.2, 0.25) is 0 Å². The molecule has 98 valence electrons. The first kappa shape index (κ1) is 12.9. The second-order valence-electron chi connectivity index (χ2n) is 4.60. The third kappa shape index (κ3) is 2.48. The number of halogens is 1. The van der Waals surface area contributed by atoms with Crippen LogP contribution in [0, 0.1) is 6.92 Å². The molecule has 2 aromatic heterocycles. The molecule has 3 aromatic rings. The summed E-state index contributed by atoms with van der Waals surface area (Å²) in [5.74, 6) is 0.952. The lowest BCUT2D eigenvalue weighted by atomic mass is 10.1. The Balaban J connectivity index is 2.06. The Bertz CT molecular complexity index is 716. The van der Waals surface area contributed by atoms with Crippen LogP contribution in [0.25, 0.3) is 11.0 Å². The number of thiophene rings is 1. The lowest BCUT2D eigenvalue weighted by molar-refractivity contribution is 0.492. The smallest absolute Gasteiger partial charge is 0.134 e. The first-order valence-corrected chi connectivity index (χ1v) is 7.76. The average molecular weight is 336 g/mol. The van der Waals surface area contributed by atoms with Crippen LogP contribution in [0.1, 0.15) is 22.9 Å². The first-order chi connectivity index (χ1) is 9.17. The molecule has 0 radical (unpaired) electrons. The highest BCUT2D eigenvalue weighted by Gasteiger charge is 2.18. The maximum atomic E-state index is 5.97. The van der Waals surface area contributed by atoms with E-state index in [4.69, 9.17) is 4.42 Å². The lowest BCUT2D eigenvalue weighted by Gasteiger charge is -2.11. The van der Waals surface area contributed by atoms with Crippen LogP contribution in [0.2, 0.25) is 0 Å². The number of hydrogen-bond donors (Lipinski definition) is 1. The number of hydrogen-bond acceptors (Lipinski definition) is 3. The van der Waals surface area contributed by atoms with Crippen LogP contribution in [-0.2, 0) is 0 Å². The minimum absolute atomic E-state index is 0.0928. The molecule has 3 rings (SSSR count). The van der Waals surface area contributed by atoms with Gasteiger partial charge < -0.3 is 9.73 Å². The van der Waals surface area contributed by atoms with Crippen LogP contribution in [0.5, 0.6) is 0 Å². The van der Waals surface area contributed by atoms with Gasteiger partial charge in [0.05, 0.1) is 9.83 Å². The molecule has 0 aliphatic heterocycles. The van der Waals surface area contributed by atoms with Crippen molar-refractivity contribution in [2.24, 2.45) is 0 Å². The summed E-state index contributed by atoms with van der Waals surface area (Å²) < 4.78 is 7.10. The number of benzene rings is 1. The number of rotatable bonds is 3. The molecule has 4 heteroatoms. The van der Waals surface area contributed by atoms with Gasteiger partial charge in [-0.3, -0.25) is 0 Å². The summed E-state index contributed by atoms with van der Waals surface area (Å²) in [5, 5.41) is 6.62. The van der Waals surface area contributed by atoms with E-state index < -0.39 is 0 Å². The van der Waals surface area contributed by atoms with Crippen molar-refractivity contribution in [3.05, 3.63) is 56.4 Å². The zero-order chi connectivity index (χ0) is 13.4. The number of aryl methyl sites for hydroxylation is 1. The monoisotopic (exact) mass is 335 g/mol. The summed E-state index contributed by atoms with van der Waals surface area (Å²) in [4.78, 5) is 0. The Morgan fingerprint density at radius 3 is 2.79 bits per heavy atom. The predicted molar refractivity (Wildman–Crippen MR) is 83.9 cm³/mol. The van der Waals surface area contributed by atoms with E-state index in [1.807, 2.05) is 13.1 Å². The van der Waals surface area contributed by atoms with Gasteiger partial charge in [0.15, 0.2) is 0 Å². The molecule has 1 unspecified atom stereocenters. The van der Waals surface area contributed by atoms with E-state index in [0.29, 0.717) is 0 Å². The van der Waals surface area contributed by atoms with Crippen molar-refractivity contribution in [1.82, 2.24) is 5.32 Å². The van der Waals surface area contributed by atoms with Gasteiger partial charge in [0.25, 0.3) is 0 Å².